The third-order valence-electron chi connectivity index (χ3n) is 9.53. The molecule has 2 atom stereocenters. The number of nitrogens with one attached hydrogen (secondary N) is 2. The normalized spacial score (nSPS) is 12.9. The van der Waals surface area contributed by atoms with E-state index in [1.54, 1.807) is 12.1 Å². The summed E-state index contributed by atoms with van der Waals surface area (Å²) in [5.74, 6) is -1.48. The Balaban J connectivity index is 0.000000134. The third kappa shape index (κ3) is 8.46. The summed E-state index contributed by atoms with van der Waals surface area (Å²) in [6, 6.07) is 22.9. The van der Waals surface area contributed by atoms with Gasteiger partial charge < -0.3 is 20.7 Å². The van der Waals surface area contributed by atoms with Gasteiger partial charge in [-0.15, -0.1) is 10.2 Å². The molecule has 5 aromatic heterocycles. The lowest BCUT2D eigenvalue weighted by Gasteiger charge is -2.24. The van der Waals surface area contributed by atoms with Crippen LogP contribution in [0.15, 0.2) is 97.5 Å². The number of amides is 2. The molecule has 0 bridgehead atoms. The Hall–Kier alpha value is -8.18. The minimum Gasteiger partial charge on any atom is -0.426 e. The highest BCUT2D eigenvalue weighted by molar-refractivity contribution is 6.43. The summed E-state index contributed by atoms with van der Waals surface area (Å²) in [6.45, 7) is 3.83. The Bertz CT molecular complexity index is 2820. The zero-order chi connectivity index (χ0) is 43.3. The van der Waals surface area contributed by atoms with Crippen molar-refractivity contribution in [1.29, 1.82) is 0 Å². The fourth-order valence-corrected chi connectivity index (χ4v) is 6.67. The van der Waals surface area contributed by atoms with Crippen LogP contribution in [0.25, 0.3) is 34.1 Å². The van der Waals surface area contributed by atoms with Gasteiger partial charge in [-0.3, -0.25) is 24.2 Å². The van der Waals surface area contributed by atoms with Gasteiger partial charge in [-0.1, -0.05) is 112 Å². The van der Waals surface area contributed by atoms with E-state index in [1.807, 2.05) is 80.6 Å². The fraction of sp³-hybridized carbons (Fsp3) is 0.179. The molecular formula is C39H33BN16O6. The lowest BCUT2D eigenvalue weighted by molar-refractivity contribution is -0.123. The molecule has 62 heavy (non-hydrogen) atoms. The van der Waals surface area contributed by atoms with Crippen LogP contribution in [0.1, 0.15) is 68.4 Å². The number of rotatable bonds is 9. The summed E-state index contributed by atoms with van der Waals surface area (Å²) in [5, 5.41) is 54.3. The second-order valence-electron chi connectivity index (χ2n) is 14.3. The maximum absolute atomic E-state index is 12.8. The van der Waals surface area contributed by atoms with E-state index in [-0.39, 0.29) is 41.2 Å². The van der Waals surface area contributed by atoms with Crippen molar-refractivity contribution in [3.8, 4) is 22.5 Å². The monoisotopic (exact) mass is 832 g/mol. The second kappa shape index (κ2) is 17.6. The summed E-state index contributed by atoms with van der Waals surface area (Å²) in [7, 11) is -1.69. The number of nitrogens with zero attached hydrogens (tertiary/aromatic N) is 14. The molecule has 8 aromatic rings. The van der Waals surface area contributed by atoms with Gasteiger partial charge in [-0.05, 0) is 38.8 Å². The Kier molecular flexibility index (Phi) is 11.5. The SMILES string of the molecule is CC(C)C[C@H](NC(=O)[C@H](Cc1ccccc1)NC(=O)c1cnccn1)B(O)O.O=C1c2ccccc2-c2nc3nnnn3nc21.O=C1c2ccccc2-c2nn3nnnc3nc21. The first kappa shape index (κ1) is 40.6. The lowest BCUT2D eigenvalue weighted by Crippen LogP contribution is -2.55. The maximum Gasteiger partial charge on any atom is 0.475 e. The number of carbonyl (C=O) groups excluding carboxylic acids is 4. The van der Waals surface area contributed by atoms with Crippen LogP contribution < -0.4 is 10.6 Å². The Labute approximate surface area is 350 Å². The molecule has 2 amide bonds. The van der Waals surface area contributed by atoms with Crippen molar-refractivity contribution >= 4 is 42.1 Å². The molecule has 23 heteroatoms. The van der Waals surface area contributed by atoms with Crippen LogP contribution in [0.3, 0.4) is 0 Å². The quantitative estimate of drug-likeness (QED) is 0.145. The van der Waals surface area contributed by atoms with Gasteiger partial charge in [0.25, 0.3) is 17.5 Å². The minimum atomic E-state index is -1.69. The molecule has 0 unspecified atom stereocenters. The minimum absolute atomic E-state index is 0.0919. The number of ketones is 2. The van der Waals surface area contributed by atoms with Gasteiger partial charge in [-0.25, -0.2) is 15.0 Å². The van der Waals surface area contributed by atoms with Crippen molar-refractivity contribution in [2.24, 2.45) is 5.92 Å². The smallest absolute Gasteiger partial charge is 0.426 e. The van der Waals surface area contributed by atoms with E-state index in [0.29, 0.717) is 40.3 Å². The van der Waals surface area contributed by atoms with Crippen molar-refractivity contribution in [3.05, 3.63) is 131 Å². The van der Waals surface area contributed by atoms with Gasteiger partial charge in [0.2, 0.25) is 17.5 Å². The van der Waals surface area contributed by atoms with E-state index in [4.69, 9.17) is 0 Å². The lowest BCUT2D eigenvalue weighted by atomic mass is 9.75. The molecular weight excluding hydrogens is 799 g/mol. The van der Waals surface area contributed by atoms with Gasteiger partial charge >= 0.3 is 7.12 Å². The van der Waals surface area contributed by atoms with Gasteiger partial charge in [0.1, 0.15) is 28.8 Å². The van der Waals surface area contributed by atoms with Gasteiger partial charge in [0.15, 0.2) is 5.69 Å². The van der Waals surface area contributed by atoms with Crippen molar-refractivity contribution in [3.63, 3.8) is 0 Å². The highest BCUT2D eigenvalue weighted by Crippen LogP contribution is 2.34. The number of hydrogen-bond acceptors (Lipinski definition) is 18. The molecule has 2 aliphatic carbocycles. The van der Waals surface area contributed by atoms with Gasteiger partial charge in [0.05, 0.1) is 12.1 Å². The maximum atomic E-state index is 12.8. The Morgan fingerprint density at radius 1 is 0.694 bits per heavy atom. The molecule has 0 spiro atoms. The standard InChI is InChI=1S/C19H25BN4O4.2C10H4N6O/c1-13(2)10-17(20(27)28)24-18(25)15(11-14-6-4-3-5-7-14)23-19(26)16-12-21-8-9-22-16;17-9-6-4-2-1-3-5(6)7-8(9)11-10-12-14-15-16(10)13-7;17-9-6-4-2-1-3-5(6)7-8(9)13-16-10(11-7)12-14-15-16/h3-9,12-13,15,17,27-28H,10-11H2,1-2H3,(H,23,26)(H,24,25);2*1-4H/t15-,17-;;/m0../s1. The summed E-state index contributed by atoms with van der Waals surface area (Å²) < 4.78 is 2.37. The fourth-order valence-electron chi connectivity index (χ4n) is 6.67. The number of hydrogen-bond donors (Lipinski definition) is 4. The van der Waals surface area contributed by atoms with Crippen molar-refractivity contribution in [2.45, 2.75) is 38.7 Å². The topological polar surface area (TPSA) is 296 Å². The third-order valence-corrected chi connectivity index (χ3v) is 9.53. The van der Waals surface area contributed by atoms with Crippen LogP contribution in [0.4, 0.5) is 0 Å². The molecule has 0 aliphatic heterocycles. The number of carbonyl (C=O) groups is 4. The molecule has 0 fully saturated rings. The highest BCUT2D eigenvalue weighted by Gasteiger charge is 2.33. The molecule has 2 aliphatic rings. The van der Waals surface area contributed by atoms with Crippen LogP contribution in [0.2, 0.25) is 0 Å². The molecule has 0 saturated heterocycles. The van der Waals surface area contributed by atoms with Crippen LogP contribution in [-0.2, 0) is 11.2 Å². The zero-order valence-corrected chi connectivity index (χ0v) is 32.7. The average Bonchev–Trinajstić information content (AvgIpc) is 4.07. The summed E-state index contributed by atoms with van der Waals surface area (Å²) in [4.78, 5) is 65.6. The van der Waals surface area contributed by atoms with E-state index in [1.165, 1.54) is 23.2 Å². The molecule has 3 aromatic carbocycles. The largest absolute Gasteiger partial charge is 0.475 e. The highest BCUT2D eigenvalue weighted by atomic mass is 16.4. The number of aromatic nitrogens is 14. The summed E-state index contributed by atoms with van der Waals surface area (Å²) in [5.41, 5.74) is 5.43. The predicted molar refractivity (Wildman–Crippen MR) is 215 cm³/mol. The van der Waals surface area contributed by atoms with E-state index in [9.17, 15) is 29.2 Å². The second-order valence-corrected chi connectivity index (χ2v) is 14.3. The molecule has 0 radical (unpaired) electrons. The first-order valence-corrected chi connectivity index (χ1v) is 19.0. The number of benzene rings is 3. The van der Waals surface area contributed by atoms with Crippen LogP contribution in [-0.4, -0.2) is 123 Å². The van der Waals surface area contributed by atoms with Crippen LogP contribution in [0.5, 0.6) is 0 Å². The molecule has 0 saturated carbocycles. The van der Waals surface area contributed by atoms with E-state index < -0.39 is 30.9 Å². The van der Waals surface area contributed by atoms with Crippen molar-refractivity contribution < 1.29 is 29.2 Å². The van der Waals surface area contributed by atoms with Crippen molar-refractivity contribution in [2.75, 3.05) is 0 Å². The van der Waals surface area contributed by atoms with E-state index >= 15 is 0 Å². The number of fused-ring (bicyclic) bond motifs is 8. The van der Waals surface area contributed by atoms with E-state index in [0.717, 1.165) is 21.3 Å². The van der Waals surface area contributed by atoms with E-state index in [2.05, 4.69) is 71.8 Å². The van der Waals surface area contributed by atoms with Gasteiger partial charge in [-0.2, -0.15) is 0 Å². The summed E-state index contributed by atoms with van der Waals surface area (Å²) >= 11 is 0. The first-order chi connectivity index (χ1) is 30.0. The van der Waals surface area contributed by atoms with Crippen LogP contribution >= 0.6 is 0 Å². The predicted octanol–water partition coefficient (Wildman–Crippen LogP) is 0.612. The molecule has 22 nitrogen and oxygen atoms in total. The summed E-state index contributed by atoms with van der Waals surface area (Å²) in [6.07, 6.45) is 4.78. The van der Waals surface area contributed by atoms with Crippen LogP contribution in [0, 0.1) is 5.92 Å². The average molecular weight is 833 g/mol. The zero-order valence-electron chi connectivity index (χ0n) is 32.7. The van der Waals surface area contributed by atoms with Crippen molar-refractivity contribution in [1.82, 2.24) is 81.1 Å². The first-order valence-electron chi connectivity index (χ1n) is 19.0. The number of tetrazole rings is 2. The Morgan fingerprint density at radius 2 is 1.26 bits per heavy atom. The molecule has 4 N–H and O–H groups in total. The molecule has 5 heterocycles. The molecule has 308 valence electrons. The Morgan fingerprint density at radius 3 is 1.85 bits per heavy atom. The molecule has 10 rings (SSSR count). The van der Waals surface area contributed by atoms with Gasteiger partial charge in [0, 0.05) is 41.1 Å².